The van der Waals surface area contributed by atoms with Crippen LogP contribution in [0, 0.1) is 0 Å². The average molecular weight is 553 g/mol. The summed E-state index contributed by atoms with van der Waals surface area (Å²) in [5.74, 6) is -2.98. The number of ether oxygens (including phenoxy) is 3. The Morgan fingerprint density at radius 2 is 1.67 bits per heavy atom. The van der Waals surface area contributed by atoms with E-state index in [1.807, 2.05) is 5.38 Å². The summed E-state index contributed by atoms with van der Waals surface area (Å²) in [7, 11) is 1.25. The van der Waals surface area contributed by atoms with Crippen molar-refractivity contribution < 1.29 is 28.6 Å². The fourth-order valence-corrected chi connectivity index (χ4v) is 5.22. The molecule has 0 saturated heterocycles. The van der Waals surface area contributed by atoms with Gasteiger partial charge in [0.25, 0.3) is 0 Å². The highest BCUT2D eigenvalue weighted by molar-refractivity contribution is 7.09. The number of hydrogen-bond donors (Lipinski definition) is 1. The highest BCUT2D eigenvalue weighted by Crippen LogP contribution is 2.46. The van der Waals surface area contributed by atoms with Crippen LogP contribution < -0.4 is 5.32 Å². The second kappa shape index (κ2) is 12.9. The number of nitrogens with one attached hydrogen (secondary N) is 1. The summed E-state index contributed by atoms with van der Waals surface area (Å²) >= 11 is 14.6. The Balaban J connectivity index is 2.27. The first-order valence-corrected chi connectivity index (χ1v) is 12.9. The van der Waals surface area contributed by atoms with Gasteiger partial charge in [-0.3, -0.25) is 4.79 Å². The first-order valence-electron chi connectivity index (χ1n) is 11.3. The molecule has 0 spiro atoms. The van der Waals surface area contributed by atoms with Gasteiger partial charge in [-0.05, 0) is 32.4 Å². The van der Waals surface area contributed by atoms with E-state index in [4.69, 9.17) is 37.4 Å². The van der Waals surface area contributed by atoms with Gasteiger partial charge in [-0.15, -0.1) is 11.3 Å². The third-order valence-corrected chi connectivity index (χ3v) is 6.92. The Labute approximate surface area is 223 Å². The molecule has 0 fully saturated rings. The van der Waals surface area contributed by atoms with Crippen molar-refractivity contribution in [1.82, 2.24) is 10.3 Å². The number of aryl methyl sites for hydroxylation is 1. The van der Waals surface area contributed by atoms with Gasteiger partial charge in [0.2, 0.25) is 0 Å². The Morgan fingerprint density at radius 1 is 1.00 bits per heavy atom. The molecule has 2 aromatic rings. The monoisotopic (exact) mass is 552 g/mol. The van der Waals surface area contributed by atoms with Crippen LogP contribution in [0.2, 0.25) is 10.0 Å². The topological polar surface area (TPSA) is 104 Å². The minimum atomic E-state index is -1.05. The molecule has 1 atom stereocenters. The highest BCUT2D eigenvalue weighted by atomic mass is 35.5. The van der Waals surface area contributed by atoms with Crippen LogP contribution in [0.4, 0.5) is 0 Å². The molecule has 0 saturated carbocycles. The second-order valence-electron chi connectivity index (χ2n) is 7.60. The van der Waals surface area contributed by atoms with E-state index in [1.165, 1.54) is 18.4 Å². The zero-order valence-electron chi connectivity index (χ0n) is 20.1. The van der Waals surface area contributed by atoms with E-state index < -0.39 is 23.8 Å². The highest BCUT2D eigenvalue weighted by Gasteiger charge is 2.42. The third kappa shape index (κ3) is 6.27. The van der Waals surface area contributed by atoms with Crippen LogP contribution in [0.5, 0.6) is 0 Å². The molecule has 36 heavy (non-hydrogen) atoms. The molecular weight excluding hydrogens is 527 g/mol. The molecule has 3 rings (SSSR count). The maximum absolute atomic E-state index is 13.3. The maximum atomic E-state index is 13.3. The molecule has 11 heteroatoms. The average Bonchev–Trinajstić information content (AvgIpc) is 3.36. The van der Waals surface area contributed by atoms with Gasteiger partial charge in [-0.2, -0.15) is 0 Å². The van der Waals surface area contributed by atoms with Crippen molar-refractivity contribution in [3.63, 3.8) is 0 Å². The minimum Gasteiger partial charge on any atom is -0.466 e. The number of halogens is 2. The zero-order chi connectivity index (χ0) is 26.2. The molecule has 8 nitrogen and oxygen atoms in total. The van der Waals surface area contributed by atoms with Gasteiger partial charge in [0, 0.05) is 45.0 Å². The fraction of sp³-hybridized carbons (Fsp3) is 0.360. The normalized spacial score (nSPS) is 15.4. The molecule has 1 unspecified atom stereocenters. The number of nitrogens with zero attached hydrogens (tertiary/aromatic N) is 1. The van der Waals surface area contributed by atoms with Crippen LogP contribution in [0.25, 0.3) is 0 Å². The van der Waals surface area contributed by atoms with Crippen molar-refractivity contribution in [3.8, 4) is 0 Å². The largest absolute Gasteiger partial charge is 0.466 e. The predicted octanol–water partition coefficient (Wildman–Crippen LogP) is 4.97. The molecule has 192 valence electrons. The quantitative estimate of drug-likeness (QED) is 0.325. The molecule has 2 heterocycles. The van der Waals surface area contributed by atoms with Crippen molar-refractivity contribution in [2.75, 3.05) is 20.3 Å². The van der Waals surface area contributed by atoms with E-state index in [1.54, 1.807) is 38.2 Å². The van der Waals surface area contributed by atoms with Crippen molar-refractivity contribution in [2.24, 2.45) is 0 Å². The number of aromatic nitrogens is 1. The van der Waals surface area contributed by atoms with Crippen molar-refractivity contribution >= 4 is 52.4 Å². The molecule has 1 aliphatic heterocycles. The van der Waals surface area contributed by atoms with Gasteiger partial charge in [-0.25, -0.2) is 14.6 Å². The number of thiazole rings is 1. The Morgan fingerprint density at radius 3 is 2.25 bits per heavy atom. The van der Waals surface area contributed by atoms with Gasteiger partial charge in [0.05, 0.1) is 48.8 Å². The Kier molecular flexibility index (Phi) is 9.92. The van der Waals surface area contributed by atoms with Gasteiger partial charge in [-0.1, -0.05) is 29.3 Å². The summed E-state index contributed by atoms with van der Waals surface area (Å²) in [5.41, 5.74) is 1.23. The lowest BCUT2D eigenvalue weighted by molar-refractivity contribution is -0.142. The lowest BCUT2D eigenvalue weighted by Crippen LogP contribution is -2.35. The van der Waals surface area contributed by atoms with Gasteiger partial charge < -0.3 is 19.5 Å². The van der Waals surface area contributed by atoms with Crippen LogP contribution >= 0.6 is 34.5 Å². The number of benzene rings is 1. The number of esters is 3. The fourth-order valence-electron chi connectivity index (χ4n) is 3.99. The minimum absolute atomic E-state index is 0.0401. The summed E-state index contributed by atoms with van der Waals surface area (Å²) in [5, 5.41) is 6.34. The first-order chi connectivity index (χ1) is 17.3. The third-order valence-electron chi connectivity index (χ3n) is 5.42. The second-order valence-corrected chi connectivity index (χ2v) is 9.39. The smallest absolute Gasteiger partial charge is 0.336 e. The van der Waals surface area contributed by atoms with Crippen LogP contribution in [0.3, 0.4) is 0 Å². The van der Waals surface area contributed by atoms with E-state index in [0.29, 0.717) is 24.1 Å². The Bertz CT molecular complexity index is 1170. The molecule has 0 radical (unpaired) electrons. The summed E-state index contributed by atoms with van der Waals surface area (Å²) < 4.78 is 15.6. The number of methoxy groups -OCH3 is 1. The van der Waals surface area contributed by atoms with Crippen molar-refractivity contribution in [2.45, 2.75) is 39.0 Å². The van der Waals surface area contributed by atoms with Gasteiger partial charge in [0.1, 0.15) is 0 Å². The number of carbonyl (C=O) groups excluding carboxylic acids is 3. The maximum Gasteiger partial charge on any atom is 0.336 e. The Hall–Kier alpha value is -2.88. The molecule has 0 aliphatic carbocycles. The molecule has 1 N–H and O–H groups in total. The van der Waals surface area contributed by atoms with E-state index >= 15 is 0 Å². The molecule has 1 aromatic heterocycles. The number of carbonyl (C=O) groups is 3. The molecule has 1 aliphatic rings. The standard InChI is InChI=1S/C25H26Cl2N2O6S/c1-4-34-19(30)13-17-22(25(32)35-5-2)23(20-14(26)7-6-8-15(20)27)21(24(31)33-3)16(29-17)9-10-18-28-11-12-36-18/h6-8,11-12,23,29H,4-5,9-10,13H2,1-3H3. The summed E-state index contributed by atoms with van der Waals surface area (Å²) in [4.78, 5) is 43.4. The lowest BCUT2D eigenvalue weighted by Gasteiger charge is -2.33. The summed E-state index contributed by atoms with van der Waals surface area (Å²) in [6.07, 6.45) is 2.29. The molecule has 0 bridgehead atoms. The molecular formula is C25H26Cl2N2O6S. The van der Waals surface area contributed by atoms with E-state index in [-0.39, 0.29) is 46.5 Å². The number of hydrogen-bond acceptors (Lipinski definition) is 9. The van der Waals surface area contributed by atoms with Crippen LogP contribution in [-0.2, 0) is 35.0 Å². The predicted molar refractivity (Wildman–Crippen MR) is 137 cm³/mol. The number of dihydropyridines is 1. The van der Waals surface area contributed by atoms with Gasteiger partial charge >= 0.3 is 17.9 Å². The zero-order valence-corrected chi connectivity index (χ0v) is 22.4. The van der Waals surface area contributed by atoms with Crippen molar-refractivity contribution in [3.05, 3.63) is 72.9 Å². The van der Waals surface area contributed by atoms with Crippen LogP contribution in [-0.4, -0.2) is 43.2 Å². The SMILES string of the molecule is CCOC(=O)CC1=C(C(=O)OCC)C(c2c(Cl)cccc2Cl)C(C(=O)OC)=C(CCc2nccs2)N1. The van der Waals surface area contributed by atoms with E-state index in [0.717, 1.165) is 5.01 Å². The van der Waals surface area contributed by atoms with E-state index in [9.17, 15) is 14.4 Å². The van der Waals surface area contributed by atoms with Crippen molar-refractivity contribution in [1.29, 1.82) is 0 Å². The number of rotatable bonds is 10. The lowest BCUT2D eigenvalue weighted by atomic mass is 9.78. The summed E-state index contributed by atoms with van der Waals surface area (Å²) in [6, 6.07) is 4.89. The van der Waals surface area contributed by atoms with Crippen LogP contribution in [0.1, 0.15) is 43.2 Å². The van der Waals surface area contributed by atoms with Gasteiger partial charge in [0.15, 0.2) is 0 Å². The van der Waals surface area contributed by atoms with E-state index in [2.05, 4.69) is 10.3 Å². The molecule has 1 aromatic carbocycles. The molecule has 0 amide bonds. The van der Waals surface area contributed by atoms with Crippen LogP contribution in [0.15, 0.2) is 52.3 Å². The number of allylic oxidation sites excluding steroid dienone is 1. The first kappa shape index (κ1) is 27.7. The summed E-state index contributed by atoms with van der Waals surface area (Å²) in [6.45, 7) is 3.59.